The fraction of sp³-hybridized carbons (Fsp3) is 0.474. The van der Waals surface area contributed by atoms with E-state index in [0.29, 0.717) is 18.0 Å². The number of fused-ring (bicyclic) bond motifs is 1. The molecule has 1 aliphatic heterocycles. The highest BCUT2D eigenvalue weighted by Crippen LogP contribution is 2.36. The van der Waals surface area contributed by atoms with Crippen molar-refractivity contribution >= 4 is 50.1 Å². The Morgan fingerprint density at radius 3 is 3.00 bits per heavy atom. The molecular weight excluding hydrogens is 434 g/mol. The van der Waals surface area contributed by atoms with E-state index < -0.39 is 6.10 Å². The van der Waals surface area contributed by atoms with Gasteiger partial charge < -0.3 is 14.7 Å². The molecule has 1 fully saturated rings. The van der Waals surface area contributed by atoms with Crippen molar-refractivity contribution in [2.75, 3.05) is 24.7 Å². The van der Waals surface area contributed by atoms with Crippen molar-refractivity contribution in [3.8, 4) is 0 Å². The Kier molecular flexibility index (Phi) is 6.57. The number of hydrogen-bond donors (Lipinski definition) is 2. The van der Waals surface area contributed by atoms with E-state index >= 15 is 0 Å². The third kappa shape index (κ3) is 4.71. The van der Waals surface area contributed by atoms with Gasteiger partial charge in [0.2, 0.25) is 0 Å². The number of hydrogen-bond acceptors (Lipinski definition) is 6. The Bertz CT molecular complexity index is 828. The molecule has 2 heterocycles. The maximum Gasteiger partial charge on any atom is 0.309 e. The van der Waals surface area contributed by atoms with Crippen LogP contribution in [-0.2, 0) is 9.53 Å². The first-order valence-electron chi connectivity index (χ1n) is 8.93. The van der Waals surface area contributed by atoms with Gasteiger partial charge in [-0.2, -0.15) is 0 Å². The SMILES string of the molecule is CC(C)C(=O)OCN[C@@H]1CCN(c2c(Cl)cnc3ccc(Br)cc23)C[C@H]1O. The number of ether oxygens (including phenoxy) is 1. The molecule has 2 N–H and O–H groups in total. The number of carbonyl (C=O) groups excluding carboxylic acids is 1. The quantitative estimate of drug-likeness (QED) is 0.531. The van der Waals surface area contributed by atoms with Crippen LogP contribution >= 0.6 is 27.5 Å². The molecule has 0 radical (unpaired) electrons. The molecule has 0 bridgehead atoms. The van der Waals surface area contributed by atoms with Gasteiger partial charge in [-0.25, -0.2) is 0 Å². The van der Waals surface area contributed by atoms with Gasteiger partial charge in [0.15, 0.2) is 0 Å². The van der Waals surface area contributed by atoms with Gasteiger partial charge in [-0.05, 0) is 24.6 Å². The lowest BCUT2D eigenvalue weighted by atomic mass is 10.0. The summed E-state index contributed by atoms with van der Waals surface area (Å²) >= 11 is 9.94. The van der Waals surface area contributed by atoms with Crippen molar-refractivity contribution in [2.24, 2.45) is 5.92 Å². The average Bonchev–Trinajstić information content (AvgIpc) is 2.62. The van der Waals surface area contributed by atoms with Crippen molar-refractivity contribution in [3.63, 3.8) is 0 Å². The van der Waals surface area contributed by atoms with E-state index in [1.54, 1.807) is 20.0 Å². The standard InChI is InChI=1S/C19H23BrClN3O3/c1-11(2)19(26)27-10-23-16-5-6-24(9-17(16)25)18-13-7-12(20)3-4-15(13)22-8-14(18)21/h3-4,7-8,11,16-17,23,25H,5-6,9-10H2,1-2H3/t16-,17-/m1/s1. The molecule has 1 aromatic carbocycles. The second kappa shape index (κ2) is 8.73. The first kappa shape index (κ1) is 20.3. The summed E-state index contributed by atoms with van der Waals surface area (Å²) < 4.78 is 6.10. The summed E-state index contributed by atoms with van der Waals surface area (Å²) in [5.41, 5.74) is 1.74. The molecule has 1 saturated heterocycles. The van der Waals surface area contributed by atoms with Crippen molar-refractivity contribution in [3.05, 3.63) is 33.9 Å². The van der Waals surface area contributed by atoms with Crippen LogP contribution in [0.15, 0.2) is 28.9 Å². The van der Waals surface area contributed by atoms with E-state index in [2.05, 4.69) is 31.1 Å². The number of benzene rings is 1. The van der Waals surface area contributed by atoms with E-state index in [1.807, 2.05) is 18.2 Å². The first-order chi connectivity index (χ1) is 12.9. The van der Waals surface area contributed by atoms with Crippen LogP contribution in [0, 0.1) is 5.92 Å². The Labute approximate surface area is 172 Å². The number of carbonyl (C=O) groups is 1. The molecule has 1 aliphatic rings. The summed E-state index contributed by atoms with van der Waals surface area (Å²) in [6.45, 7) is 4.83. The van der Waals surface area contributed by atoms with Crippen LogP contribution in [0.5, 0.6) is 0 Å². The summed E-state index contributed by atoms with van der Waals surface area (Å²) in [7, 11) is 0. The Hall–Kier alpha value is -1.41. The Morgan fingerprint density at radius 1 is 1.52 bits per heavy atom. The molecule has 2 aromatic rings. The summed E-state index contributed by atoms with van der Waals surface area (Å²) in [4.78, 5) is 18.0. The fourth-order valence-electron chi connectivity index (χ4n) is 3.21. The van der Waals surface area contributed by atoms with Gasteiger partial charge >= 0.3 is 5.97 Å². The first-order valence-corrected chi connectivity index (χ1v) is 10.1. The maximum absolute atomic E-state index is 11.5. The van der Waals surface area contributed by atoms with Gasteiger partial charge in [-0.3, -0.25) is 15.1 Å². The Balaban J connectivity index is 1.69. The summed E-state index contributed by atoms with van der Waals surface area (Å²) in [5.74, 6) is -0.421. The highest BCUT2D eigenvalue weighted by Gasteiger charge is 2.29. The van der Waals surface area contributed by atoms with Crippen LogP contribution in [0.2, 0.25) is 5.02 Å². The van der Waals surface area contributed by atoms with Crippen molar-refractivity contribution in [1.82, 2.24) is 10.3 Å². The number of rotatable bonds is 5. The minimum absolute atomic E-state index is 0.102. The number of pyridine rings is 1. The molecule has 27 heavy (non-hydrogen) atoms. The molecule has 0 aliphatic carbocycles. The van der Waals surface area contributed by atoms with Gasteiger partial charge in [0.05, 0.1) is 28.2 Å². The van der Waals surface area contributed by atoms with Crippen LogP contribution in [0.3, 0.4) is 0 Å². The van der Waals surface area contributed by atoms with Crippen LogP contribution in [0.4, 0.5) is 5.69 Å². The van der Waals surface area contributed by atoms with Gasteiger partial charge in [-0.1, -0.05) is 41.4 Å². The third-order valence-electron chi connectivity index (χ3n) is 4.69. The highest BCUT2D eigenvalue weighted by molar-refractivity contribution is 9.10. The number of aliphatic hydroxyl groups is 1. The number of β-amino-alcohol motifs (C(OH)–C–C–N with tert-alkyl or cyclic N) is 1. The van der Waals surface area contributed by atoms with Gasteiger partial charge in [0, 0.05) is 35.2 Å². The second-order valence-electron chi connectivity index (χ2n) is 6.99. The molecule has 1 aromatic heterocycles. The molecule has 0 amide bonds. The Morgan fingerprint density at radius 2 is 2.30 bits per heavy atom. The van der Waals surface area contributed by atoms with Crippen LogP contribution in [-0.4, -0.2) is 48.0 Å². The molecule has 2 atom stereocenters. The highest BCUT2D eigenvalue weighted by atomic mass is 79.9. The lowest BCUT2D eigenvalue weighted by Crippen LogP contribution is -2.53. The fourth-order valence-corrected chi connectivity index (χ4v) is 3.84. The monoisotopic (exact) mass is 455 g/mol. The zero-order valence-corrected chi connectivity index (χ0v) is 17.6. The number of nitrogens with zero attached hydrogens (tertiary/aromatic N) is 2. The normalized spacial score (nSPS) is 20.3. The van der Waals surface area contributed by atoms with Crippen molar-refractivity contribution in [1.29, 1.82) is 0 Å². The van der Waals surface area contributed by atoms with Crippen LogP contribution in [0.1, 0.15) is 20.3 Å². The molecular formula is C19H23BrClN3O3. The zero-order chi connectivity index (χ0) is 19.6. The topological polar surface area (TPSA) is 74.7 Å². The number of esters is 1. The number of anilines is 1. The number of nitrogens with one attached hydrogen (secondary N) is 1. The molecule has 3 rings (SSSR count). The second-order valence-corrected chi connectivity index (χ2v) is 8.31. The van der Waals surface area contributed by atoms with Gasteiger partial charge in [0.1, 0.15) is 6.73 Å². The summed E-state index contributed by atoms with van der Waals surface area (Å²) in [6, 6.07) is 5.73. The van der Waals surface area contributed by atoms with E-state index in [9.17, 15) is 9.90 Å². The zero-order valence-electron chi connectivity index (χ0n) is 15.3. The predicted octanol–water partition coefficient (Wildman–Crippen LogP) is 3.34. The number of halogens is 2. The number of aromatic nitrogens is 1. The lowest BCUT2D eigenvalue weighted by Gasteiger charge is -2.38. The predicted molar refractivity (Wildman–Crippen MR) is 110 cm³/mol. The molecule has 0 saturated carbocycles. The van der Waals surface area contributed by atoms with E-state index in [1.165, 1.54) is 0 Å². The summed E-state index contributed by atoms with van der Waals surface area (Å²) in [5, 5.41) is 15.2. The van der Waals surface area contributed by atoms with E-state index in [4.69, 9.17) is 16.3 Å². The average molecular weight is 457 g/mol. The third-order valence-corrected chi connectivity index (χ3v) is 5.46. The minimum Gasteiger partial charge on any atom is -0.450 e. The summed E-state index contributed by atoms with van der Waals surface area (Å²) in [6.07, 6.45) is 1.74. The van der Waals surface area contributed by atoms with Gasteiger partial charge in [-0.15, -0.1) is 0 Å². The van der Waals surface area contributed by atoms with E-state index in [-0.39, 0.29) is 24.7 Å². The smallest absolute Gasteiger partial charge is 0.309 e. The molecule has 0 unspecified atom stereocenters. The molecule has 8 heteroatoms. The van der Waals surface area contributed by atoms with Crippen molar-refractivity contribution < 1.29 is 14.6 Å². The lowest BCUT2D eigenvalue weighted by molar-refractivity contribution is -0.148. The molecule has 6 nitrogen and oxygen atoms in total. The minimum atomic E-state index is -0.608. The van der Waals surface area contributed by atoms with E-state index in [0.717, 1.165) is 27.6 Å². The molecule has 146 valence electrons. The van der Waals surface area contributed by atoms with Crippen LogP contribution in [0.25, 0.3) is 10.9 Å². The van der Waals surface area contributed by atoms with Crippen LogP contribution < -0.4 is 10.2 Å². The van der Waals surface area contributed by atoms with Crippen molar-refractivity contribution in [2.45, 2.75) is 32.4 Å². The molecule has 0 spiro atoms. The van der Waals surface area contributed by atoms with Gasteiger partial charge in [0.25, 0.3) is 0 Å². The number of aliphatic hydroxyl groups excluding tert-OH is 1. The number of piperidine rings is 1. The largest absolute Gasteiger partial charge is 0.450 e. The maximum atomic E-state index is 11.5.